The molecule has 4 aromatic carbocycles. The number of ether oxygens (including phenoxy) is 2. The van der Waals surface area contributed by atoms with Gasteiger partial charge in [-0.25, -0.2) is 9.97 Å². The minimum atomic E-state index is -1.26. The number of rotatable bonds is 6. The van der Waals surface area contributed by atoms with Gasteiger partial charge < -0.3 is 28.5 Å². The number of oxazole rings is 2. The number of benzene rings is 4. The molecule has 6 aromatic rings. The molecule has 0 spiro atoms. The summed E-state index contributed by atoms with van der Waals surface area (Å²) in [6.07, 6.45) is 0. The lowest BCUT2D eigenvalue weighted by Crippen LogP contribution is -2.34. The Morgan fingerprint density at radius 3 is 1.36 bits per heavy atom. The summed E-state index contributed by atoms with van der Waals surface area (Å²) in [6.45, 7) is 3.94. The number of nitrogens with zero attached hydrogens (tertiary/aromatic N) is 2. The maximum Gasteiger partial charge on any atom is 0.227 e. The van der Waals surface area contributed by atoms with E-state index in [1.807, 2.05) is 38.1 Å². The molecule has 6 rings (SSSR count). The fourth-order valence-corrected chi connectivity index (χ4v) is 4.98. The maximum atomic E-state index is 9.63. The van der Waals surface area contributed by atoms with Crippen molar-refractivity contribution < 1.29 is 28.5 Å². The van der Waals surface area contributed by atoms with Gasteiger partial charge in [0, 0.05) is 36.5 Å². The van der Waals surface area contributed by atoms with Crippen LogP contribution in [0.15, 0.2) is 81.6 Å². The summed E-state index contributed by atoms with van der Waals surface area (Å²) < 4.78 is 24.3. The zero-order chi connectivity index (χ0) is 27.3. The van der Waals surface area contributed by atoms with Gasteiger partial charge in [-0.05, 0) is 97.8 Å². The van der Waals surface area contributed by atoms with E-state index in [1.54, 1.807) is 62.8 Å². The first-order chi connectivity index (χ1) is 18.8. The minimum Gasteiger partial charge on any atom is -0.508 e. The number of aromatic hydroxyl groups is 2. The van der Waals surface area contributed by atoms with E-state index in [-0.39, 0.29) is 11.5 Å². The van der Waals surface area contributed by atoms with E-state index in [9.17, 15) is 10.2 Å². The molecule has 0 bridgehead atoms. The molecule has 2 heterocycles. The molecule has 0 amide bonds. The van der Waals surface area contributed by atoms with Crippen LogP contribution in [0.5, 0.6) is 11.5 Å². The highest BCUT2D eigenvalue weighted by Crippen LogP contribution is 2.41. The summed E-state index contributed by atoms with van der Waals surface area (Å²) >= 11 is 0. The van der Waals surface area contributed by atoms with Crippen molar-refractivity contribution in [3.05, 3.63) is 95.1 Å². The van der Waals surface area contributed by atoms with E-state index in [2.05, 4.69) is 0 Å². The molecule has 196 valence electrons. The molecule has 0 saturated heterocycles. The van der Waals surface area contributed by atoms with E-state index in [0.29, 0.717) is 34.0 Å². The number of fused-ring (bicyclic) bond motifs is 2. The Morgan fingerprint density at radius 2 is 1.00 bits per heavy atom. The van der Waals surface area contributed by atoms with E-state index >= 15 is 0 Å². The molecule has 0 aliphatic heterocycles. The average Bonchev–Trinajstić information content (AvgIpc) is 3.54. The Morgan fingerprint density at radius 1 is 0.615 bits per heavy atom. The third-order valence-corrected chi connectivity index (χ3v) is 6.98. The predicted molar refractivity (Wildman–Crippen MR) is 146 cm³/mol. The molecule has 0 saturated carbocycles. The topological polar surface area (TPSA) is 111 Å². The zero-order valence-corrected chi connectivity index (χ0v) is 21.9. The van der Waals surface area contributed by atoms with Crippen LogP contribution in [0.1, 0.15) is 22.3 Å². The largest absolute Gasteiger partial charge is 0.508 e. The van der Waals surface area contributed by atoms with Gasteiger partial charge in [-0.3, -0.25) is 0 Å². The monoisotopic (exact) mass is 522 g/mol. The summed E-state index contributed by atoms with van der Waals surface area (Å²) in [5.41, 5.74) is 7.39. The van der Waals surface area contributed by atoms with Crippen LogP contribution in [0.2, 0.25) is 0 Å². The highest BCUT2D eigenvalue weighted by atomic mass is 16.7. The SMILES string of the molecule is COC(OC)(c1cc2nc(-c3ccc(O)cc3)oc2cc1C)c1cc2nc(-c3ccc(O)cc3)oc2cc1C. The molecule has 0 aliphatic carbocycles. The summed E-state index contributed by atoms with van der Waals surface area (Å²) in [7, 11) is 3.21. The normalized spacial score (nSPS) is 12.0. The van der Waals surface area contributed by atoms with Gasteiger partial charge >= 0.3 is 0 Å². The Hall–Kier alpha value is -4.66. The second-order valence-corrected chi connectivity index (χ2v) is 9.43. The first-order valence-corrected chi connectivity index (χ1v) is 12.3. The van der Waals surface area contributed by atoms with Crippen molar-refractivity contribution in [2.24, 2.45) is 0 Å². The van der Waals surface area contributed by atoms with Crippen molar-refractivity contribution in [2.45, 2.75) is 19.6 Å². The first-order valence-electron chi connectivity index (χ1n) is 12.3. The second kappa shape index (κ2) is 9.27. The van der Waals surface area contributed by atoms with Crippen molar-refractivity contribution in [1.82, 2.24) is 9.97 Å². The summed E-state index contributed by atoms with van der Waals surface area (Å²) in [4.78, 5) is 9.40. The second-order valence-electron chi connectivity index (χ2n) is 9.43. The number of phenolic OH excluding ortho intramolecular Hbond substituents is 2. The lowest BCUT2D eigenvalue weighted by atomic mass is 9.90. The van der Waals surface area contributed by atoms with Gasteiger partial charge in [-0.1, -0.05) is 0 Å². The molecule has 0 fully saturated rings. The predicted octanol–water partition coefficient (Wildman–Crippen LogP) is 6.82. The van der Waals surface area contributed by atoms with Crippen molar-refractivity contribution in [2.75, 3.05) is 14.2 Å². The minimum absolute atomic E-state index is 0.174. The first kappa shape index (κ1) is 24.7. The molecule has 0 atom stereocenters. The highest BCUT2D eigenvalue weighted by molar-refractivity contribution is 5.81. The van der Waals surface area contributed by atoms with Crippen LogP contribution in [0.4, 0.5) is 0 Å². The van der Waals surface area contributed by atoms with Gasteiger partial charge in [-0.15, -0.1) is 0 Å². The van der Waals surface area contributed by atoms with Gasteiger partial charge in [-0.2, -0.15) is 0 Å². The van der Waals surface area contributed by atoms with E-state index in [4.69, 9.17) is 28.3 Å². The fourth-order valence-electron chi connectivity index (χ4n) is 4.98. The van der Waals surface area contributed by atoms with Crippen LogP contribution < -0.4 is 0 Å². The van der Waals surface area contributed by atoms with Crippen molar-refractivity contribution in [3.63, 3.8) is 0 Å². The summed E-state index contributed by atoms with van der Waals surface area (Å²) in [5.74, 6) is -0.0145. The lowest BCUT2D eigenvalue weighted by molar-refractivity contribution is -0.184. The number of methoxy groups -OCH3 is 2. The molecule has 2 N–H and O–H groups in total. The van der Waals surface area contributed by atoms with Crippen molar-refractivity contribution >= 4 is 22.2 Å². The average molecular weight is 523 g/mol. The van der Waals surface area contributed by atoms with Crippen LogP contribution in [-0.2, 0) is 15.3 Å². The lowest BCUT2D eigenvalue weighted by Gasteiger charge is -2.34. The molecule has 0 unspecified atom stereocenters. The number of hydrogen-bond donors (Lipinski definition) is 2. The van der Waals surface area contributed by atoms with E-state index in [1.165, 1.54) is 0 Å². The highest BCUT2D eigenvalue weighted by Gasteiger charge is 2.38. The summed E-state index contributed by atoms with van der Waals surface area (Å²) in [6, 6.07) is 21.1. The van der Waals surface area contributed by atoms with Crippen LogP contribution >= 0.6 is 0 Å². The summed E-state index contributed by atoms with van der Waals surface area (Å²) in [5, 5.41) is 19.3. The third-order valence-electron chi connectivity index (χ3n) is 6.98. The van der Waals surface area contributed by atoms with Gasteiger partial charge in [0.15, 0.2) is 11.2 Å². The van der Waals surface area contributed by atoms with E-state index < -0.39 is 5.79 Å². The molecular weight excluding hydrogens is 496 g/mol. The van der Waals surface area contributed by atoms with Crippen molar-refractivity contribution in [3.8, 4) is 34.4 Å². The standard InChI is InChI=1S/C31H26N2O6/c1-17-13-27-25(32-29(38-27)19-5-9-21(34)10-6-19)15-23(17)31(36-3,37-4)24-16-26-28(14-18(24)2)39-30(33-26)20-7-11-22(35)12-8-20/h5-16,34-35H,1-4H3. The van der Waals surface area contributed by atoms with Crippen LogP contribution in [0.3, 0.4) is 0 Å². The van der Waals surface area contributed by atoms with Gasteiger partial charge in [0.05, 0.1) is 0 Å². The fraction of sp³-hybridized carbons (Fsp3) is 0.161. The molecule has 0 radical (unpaired) electrons. The van der Waals surface area contributed by atoms with Crippen LogP contribution in [0, 0.1) is 13.8 Å². The van der Waals surface area contributed by atoms with Crippen molar-refractivity contribution in [1.29, 1.82) is 0 Å². The van der Waals surface area contributed by atoms with Crippen LogP contribution in [-0.4, -0.2) is 34.4 Å². The zero-order valence-electron chi connectivity index (χ0n) is 21.9. The van der Waals surface area contributed by atoms with Crippen LogP contribution in [0.25, 0.3) is 45.1 Å². The quantitative estimate of drug-likeness (QED) is 0.229. The van der Waals surface area contributed by atoms with Gasteiger partial charge in [0.25, 0.3) is 0 Å². The number of phenols is 2. The number of aryl methyl sites for hydroxylation is 2. The Kier molecular flexibility index (Phi) is 5.86. The number of aromatic nitrogens is 2. The molecule has 8 heteroatoms. The maximum absolute atomic E-state index is 9.63. The van der Waals surface area contributed by atoms with Gasteiger partial charge in [0.1, 0.15) is 22.5 Å². The molecular formula is C31H26N2O6. The molecule has 39 heavy (non-hydrogen) atoms. The Bertz CT molecular complexity index is 1680. The smallest absolute Gasteiger partial charge is 0.227 e. The number of hydrogen-bond acceptors (Lipinski definition) is 8. The third kappa shape index (κ3) is 4.10. The van der Waals surface area contributed by atoms with E-state index in [0.717, 1.165) is 33.4 Å². The van der Waals surface area contributed by atoms with Gasteiger partial charge in [0.2, 0.25) is 17.6 Å². The molecule has 0 aliphatic rings. The molecule has 2 aromatic heterocycles. The molecule has 8 nitrogen and oxygen atoms in total. The Labute approximate surface area is 224 Å². The Balaban J connectivity index is 1.48.